The third-order valence-electron chi connectivity index (χ3n) is 2.49. The van der Waals surface area contributed by atoms with Crippen LogP contribution in [0, 0.1) is 6.92 Å². The third kappa shape index (κ3) is 2.19. The maximum atomic E-state index is 12.3. The molecule has 2 rings (SSSR count). The van der Waals surface area contributed by atoms with Crippen LogP contribution in [0.5, 0.6) is 0 Å². The Balaban J connectivity index is 2.58. The van der Waals surface area contributed by atoms with Gasteiger partial charge in [0.15, 0.2) is 0 Å². The molecule has 1 aromatic carbocycles. The highest BCUT2D eigenvalue weighted by Gasteiger charge is 2.21. The van der Waals surface area contributed by atoms with Crippen molar-refractivity contribution in [3.05, 3.63) is 53.9 Å². The summed E-state index contributed by atoms with van der Waals surface area (Å²) in [5.74, 6) is 0. The molecule has 0 unspecified atom stereocenters. The lowest BCUT2D eigenvalue weighted by Gasteiger charge is -2.08. The van der Waals surface area contributed by atoms with E-state index >= 15 is 0 Å². The van der Waals surface area contributed by atoms with Crippen molar-refractivity contribution >= 4 is 26.9 Å². The summed E-state index contributed by atoms with van der Waals surface area (Å²) in [5, 5.41) is -0.810. The topological polar surface area (TPSA) is 56.1 Å². The Hall–Kier alpha value is -1.59. The smallest absolute Gasteiger partial charge is 0.269 e. The van der Waals surface area contributed by atoms with Gasteiger partial charge in [0.05, 0.1) is 4.90 Å². The maximum Gasteiger partial charge on any atom is 0.269 e. The van der Waals surface area contributed by atoms with Gasteiger partial charge < -0.3 is 0 Å². The molecule has 0 aliphatic rings. The molecule has 6 heteroatoms. The van der Waals surface area contributed by atoms with Crippen LogP contribution in [0.4, 0.5) is 0 Å². The number of carbonyl (C=O) groups is 1. The van der Waals surface area contributed by atoms with Gasteiger partial charge >= 0.3 is 0 Å². The molecule has 1 heterocycles. The number of aryl methyl sites for hydroxylation is 1. The molecule has 0 aliphatic carbocycles. The lowest BCUT2D eigenvalue weighted by atomic mass is 10.2. The molecule has 0 bridgehead atoms. The predicted octanol–water partition coefficient (Wildman–Crippen LogP) is 2.41. The molecular weight excluding hydrogens is 274 g/mol. The molecule has 0 spiro atoms. The average Bonchev–Trinajstić information content (AvgIpc) is 2.79. The summed E-state index contributed by atoms with van der Waals surface area (Å²) in [6.45, 7) is 1.86. The molecule has 1 aromatic heterocycles. The second-order valence-corrected chi connectivity index (χ2v) is 5.94. The Morgan fingerprint density at radius 1 is 1.17 bits per heavy atom. The minimum Gasteiger partial charge on any atom is -0.274 e. The van der Waals surface area contributed by atoms with Gasteiger partial charge in [0.25, 0.3) is 15.3 Å². The van der Waals surface area contributed by atoms with Crippen molar-refractivity contribution in [2.24, 2.45) is 0 Å². The Morgan fingerprint density at radius 2 is 1.78 bits per heavy atom. The molecule has 4 nitrogen and oxygen atoms in total. The van der Waals surface area contributed by atoms with Crippen molar-refractivity contribution in [3.8, 4) is 0 Å². The van der Waals surface area contributed by atoms with E-state index in [0.29, 0.717) is 0 Å². The summed E-state index contributed by atoms with van der Waals surface area (Å²) < 4.78 is 25.4. The van der Waals surface area contributed by atoms with Crippen molar-refractivity contribution in [2.75, 3.05) is 0 Å². The lowest BCUT2D eigenvalue weighted by molar-refractivity contribution is 0.107. The van der Waals surface area contributed by atoms with Gasteiger partial charge in [-0.3, -0.25) is 4.79 Å². The van der Waals surface area contributed by atoms with Crippen molar-refractivity contribution in [3.63, 3.8) is 0 Å². The highest BCUT2D eigenvalue weighted by molar-refractivity contribution is 7.90. The lowest BCUT2D eigenvalue weighted by Crippen LogP contribution is -2.16. The van der Waals surface area contributed by atoms with Crippen LogP contribution in [0.3, 0.4) is 0 Å². The monoisotopic (exact) mass is 283 g/mol. The highest BCUT2D eigenvalue weighted by Crippen LogP contribution is 2.18. The average molecular weight is 284 g/mol. The summed E-state index contributed by atoms with van der Waals surface area (Å²) >= 11 is 5.34. The molecule has 0 atom stereocenters. The van der Waals surface area contributed by atoms with Crippen LogP contribution in [-0.2, 0) is 10.0 Å². The van der Waals surface area contributed by atoms with E-state index in [2.05, 4.69) is 0 Å². The molecule has 0 radical (unpaired) electrons. The number of carbonyl (C=O) groups excluding carboxylic acids is 1. The van der Waals surface area contributed by atoms with Crippen LogP contribution in [0.1, 0.15) is 16.1 Å². The maximum absolute atomic E-state index is 12.3. The first-order valence-electron chi connectivity index (χ1n) is 5.12. The number of halogens is 1. The second kappa shape index (κ2) is 4.59. The number of hydrogen-bond donors (Lipinski definition) is 0. The molecule has 0 aliphatic heterocycles. The first kappa shape index (κ1) is 12.9. The van der Waals surface area contributed by atoms with Gasteiger partial charge in [-0.25, -0.2) is 12.4 Å². The van der Waals surface area contributed by atoms with Gasteiger partial charge in [0.1, 0.15) is 5.69 Å². The van der Waals surface area contributed by atoms with E-state index in [4.69, 9.17) is 11.6 Å². The van der Waals surface area contributed by atoms with Crippen molar-refractivity contribution in [1.29, 1.82) is 0 Å². The van der Waals surface area contributed by atoms with E-state index in [-0.39, 0.29) is 10.6 Å². The van der Waals surface area contributed by atoms with Gasteiger partial charge in [-0.2, -0.15) is 0 Å². The van der Waals surface area contributed by atoms with E-state index < -0.39 is 15.3 Å². The Kier molecular flexibility index (Phi) is 3.28. The van der Waals surface area contributed by atoms with Crippen LogP contribution >= 0.6 is 11.6 Å². The quantitative estimate of drug-likeness (QED) is 0.813. The molecule has 0 saturated heterocycles. The molecule has 2 aromatic rings. The largest absolute Gasteiger partial charge is 0.274 e. The SMILES string of the molecule is Cc1ccc(S(=O)(=O)n2cccc2C(=O)Cl)cc1. The summed E-state index contributed by atoms with van der Waals surface area (Å²) in [7, 11) is -3.78. The van der Waals surface area contributed by atoms with Crippen molar-refractivity contribution in [2.45, 2.75) is 11.8 Å². The standard InChI is InChI=1S/C12H10ClNO3S/c1-9-4-6-10(7-5-9)18(16,17)14-8-2-3-11(14)12(13)15/h2-8H,1H3. The Morgan fingerprint density at radius 3 is 2.33 bits per heavy atom. The van der Waals surface area contributed by atoms with Crippen molar-refractivity contribution < 1.29 is 13.2 Å². The highest BCUT2D eigenvalue weighted by atomic mass is 35.5. The number of nitrogens with zero attached hydrogens (tertiary/aromatic N) is 1. The van der Waals surface area contributed by atoms with Gasteiger partial charge in [0.2, 0.25) is 0 Å². The van der Waals surface area contributed by atoms with Gasteiger partial charge in [-0.1, -0.05) is 17.7 Å². The number of hydrogen-bond acceptors (Lipinski definition) is 3. The van der Waals surface area contributed by atoms with Crippen LogP contribution in [-0.4, -0.2) is 17.6 Å². The molecule has 0 fully saturated rings. The van der Waals surface area contributed by atoms with Crippen LogP contribution in [0.15, 0.2) is 47.5 Å². The minimum atomic E-state index is -3.78. The molecular formula is C12H10ClNO3S. The minimum absolute atomic E-state index is 0.0720. The van der Waals surface area contributed by atoms with E-state index in [9.17, 15) is 13.2 Å². The van der Waals surface area contributed by atoms with Crippen molar-refractivity contribution in [1.82, 2.24) is 3.97 Å². The molecule has 94 valence electrons. The van der Waals surface area contributed by atoms with Gasteiger partial charge in [0, 0.05) is 6.20 Å². The van der Waals surface area contributed by atoms with E-state index in [1.165, 1.54) is 30.5 Å². The van der Waals surface area contributed by atoms with Gasteiger partial charge in [-0.15, -0.1) is 0 Å². The number of rotatable bonds is 3. The van der Waals surface area contributed by atoms with Crippen LogP contribution in [0.2, 0.25) is 0 Å². The number of aromatic nitrogens is 1. The predicted molar refractivity (Wildman–Crippen MR) is 68.4 cm³/mol. The zero-order chi connectivity index (χ0) is 13.3. The summed E-state index contributed by atoms with van der Waals surface area (Å²) in [5.41, 5.74) is 0.882. The van der Waals surface area contributed by atoms with E-state index in [1.807, 2.05) is 6.92 Å². The third-order valence-corrected chi connectivity index (χ3v) is 4.39. The molecule has 0 amide bonds. The zero-order valence-electron chi connectivity index (χ0n) is 9.50. The molecule has 18 heavy (non-hydrogen) atoms. The Labute approximate surface area is 110 Å². The first-order chi connectivity index (χ1) is 8.43. The fourth-order valence-electron chi connectivity index (χ4n) is 1.55. The van der Waals surface area contributed by atoms with E-state index in [1.54, 1.807) is 12.1 Å². The second-order valence-electron chi connectivity index (χ2n) is 3.78. The summed E-state index contributed by atoms with van der Waals surface area (Å²) in [6, 6.07) is 9.19. The number of benzene rings is 1. The van der Waals surface area contributed by atoms with E-state index in [0.717, 1.165) is 9.54 Å². The Bertz CT molecular complexity index is 686. The summed E-state index contributed by atoms with van der Waals surface area (Å²) in [6.07, 6.45) is 1.30. The zero-order valence-corrected chi connectivity index (χ0v) is 11.1. The molecule has 0 N–H and O–H groups in total. The molecule has 0 saturated carbocycles. The summed E-state index contributed by atoms with van der Waals surface area (Å²) in [4.78, 5) is 11.3. The normalized spacial score (nSPS) is 11.4. The first-order valence-corrected chi connectivity index (χ1v) is 6.94. The van der Waals surface area contributed by atoms with Crippen LogP contribution in [0.25, 0.3) is 0 Å². The van der Waals surface area contributed by atoms with Gasteiger partial charge in [-0.05, 0) is 42.8 Å². The fraction of sp³-hybridized carbons (Fsp3) is 0.0833. The van der Waals surface area contributed by atoms with Crippen LogP contribution < -0.4 is 0 Å². The fourth-order valence-corrected chi connectivity index (χ4v) is 3.10.